The minimum atomic E-state index is -6.72. The van der Waals surface area contributed by atoms with Crippen molar-refractivity contribution in [1.29, 1.82) is 0 Å². The Kier molecular flexibility index (Phi) is 5.58. The molecule has 13 heteroatoms. The van der Waals surface area contributed by atoms with Gasteiger partial charge in [0.25, 0.3) is 3.86 Å². The van der Waals surface area contributed by atoms with Crippen LogP contribution in [0.15, 0.2) is 0 Å². The van der Waals surface area contributed by atoms with Gasteiger partial charge in [-0.25, -0.2) is 4.39 Å². The van der Waals surface area contributed by atoms with Gasteiger partial charge in [0.15, 0.2) is 0 Å². The molecule has 0 aliphatic heterocycles. The molecule has 0 aliphatic rings. The molecule has 1 unspecified atom stereocenters. The van der Waals surface area contributed by atoms with Gasteiger partial charge in [0.2, 0.25) is 0 Å². The van der Waals surface area contributed by atoms with Crippen LogP contribution in [0, 0.1) is 0 Å². The van der Waals surface area contributed by atoms with Crippen LogP contribution >= 0.6 is 22.6 Å². The molecule has 0 fully saturated rings. The third-order valence-electron chi connectivity index (χ3n) is 1.72. The van der Waals surface area contributed by atoms with Crippen LogP contribution in [-0.4, -0.2) is 28.2 Å². The molecule has 0 rings (SSSR count). The van der Waals surface area contributed by atoms with Gasteiger partial charge in [-0.15, -0.1) is 0 Å². The maximum absolute atomic E-state index is 13.2. The Labute approximate surface area is 117 Å². The van der Waals surface area contributed by atoms with Crippen molar-refractivity contribution >= 4 is 22.6 Å². The lowest BCUT2D eigenvalue weighted by Gasteiger charge is -2.33. The van der Waals surface area contributed by atoms with E-state index in [9.17, 15) is 48.3 Å². The topological polar surface area (TPSA) is 9.23 Å². The number of ether oxygens (including phenoxy) is 1. The molecule has 20 heavy (non-hydrogen) atoms. The molecular weight excluding hydrogens is 436 g/mol. The highest BCUT2D eigenvalue weighted by Crippen LogP contribution is 2.51. The van der Waals surface area contributed by atoms with E-state index in [1.165, 1.54) is 0 Å². The fraction of sp³-hybridized carbons (Fsp3) is 1.00. The summed E-state index contributed by atoms with van der Waals surface area (Å²) >= 11 is 0.0920. The second kappa shape index (κ2) is 5.61. The lowest BCUT2D eigenvalue weighted by molar-refractivity contribution is -0.449. The van der Waals surface area contributed by atoms with Crippen molar-refractivity contribution in [2.75, 3.05) is 0 Å². The quantitative estimate of drug-likeness (QED) is 0.332. The van der Waals surface area contributed by atoms with Gasteiger partial charge in [-0.1, -0.05) is 0 Å². The average molecular weight is 440 g/mol. The normalized spacial score (nSPS) is 18.0. The Morgan fingerprint density at radius 3 is 1.25 bits per heavy atom. The van der Waals surface area contributed by atoms with E-state index in [1.54, 1.807) is 0 Å². The fourth-order valence-electron chi connectivity index (χ4n) is 0.820. The molecule has 0 saturated heterocycles. The number of rotatable bonds is 4. The largest absolute Gasteiger partial charge is 0.458 e. The zero-order valence-corrected chi connectivity index (χ0v) is 11.0. The first-order valence-corrected chi connectivity index (χ1v) is 5.46. The van der Waals surface area contributed by atoms with Gasteiger partial charge in [-0.2, -0.15) is 43.9 Å². The van der Waals surface area contributed by atoms with Crippen molar-refractivity contribution in [3.63, 3.8) is 0 Å². The first kappa shape index (κ1) is 19.9. The average Bonchev–Trinajstić information content (AvgIpc) is 2.09. The SMILES string of the molecule is FC(F)(F)CCC(F)(I)OC(F)(C(F)(F)F)C(F)(F)F. The summed E-state index contributed by atoms with van der Waals surface area (Å²) in [4.78, 5) is 0. The van der Waals surface area contributed by atoms with Crippen LogP contribution in [0.25, 0.3) is 0 Å². The van der Waals surface area contributed by atoms with Crippen molar-refractivity contribution in [3.05, 3.63) is 0 Å². The molecule has 0 amide bonds. The van der Waals surface area contributed by atoms with Crippen molar-refractivity contribution in [1.82, 2.24) is 0 Å². The summed E-state index contributed by atoms with van der Waals surface area (Å²) in [5.41, 5.74) is 0. The molecule has 0 aromatic heterocycles. The third-order valence-corrected chi connectivity index (χ3v) is 2.48. The Bertz CT molecular complexity index is 313. The predicted octanol–water partition coefficient (Wildman–Crippen LogP) is 5.19. The lowest BCUT2D eigenvalue weighted by atomic mass is 10.2. The molecule has 122 valence electrons. The van der Waals surface area contributed by atoms with Crippen LogP contribution in [0.4, 0.5) is 48.3 Å². The third kappa shape index (κ3) is 5.37. The number of halogens is 12. The summed E-state index contributed by atoms with van der Waals surface area (Å²) in [5, 5.41) is 0. The van der Waals surface area contributed by atoms with E-state index >= 15 is 0 Å². The second-order valence-electron chi connectivity index (χ2n) is 3.45. The van der Waals surface area contributed by atoms with Gasteiger partial charge in [-0.3, -0.25) is 4.74 Å². The van der Waals surface area contributed by atoms with Crippen molar-refractivity contribution in [2.24, 2.45) is 0 Å². The fourth-order valence-corrected chi connectivity index (χ4v) is 1.39. The highest BCUT2D eigenvalue weighted by molar-refractivity contribution is 14.1. The van der Waals surface area contributed by atoms with Gasteiger partial charge in [-0.05, 0) is 22.6 Å². The molecule has 0 spiro atoms. The van der Waals surface area contributed by atoms with Gasteiger partial charge in [0.05, 0.1) is 0 Å². The molecule has 0 N–H and O–H groups in total. The van der Waals surface area contributed by atoms with Crippen molar-refractivity contribution in [3.8, 4) is 0 Å². The maximum atomic E-state index is 13.2. The zero-order chi connectivity index (χ0) is 16.6. The highest BCUT2D eigenvalue weighted by atomic mass is 127. The van der Waals surface area contributed by atoms with E-state index in [2.05, 4.69) is 4.74 Å². The second-order valence-corrected chi connectivity index (χ2v) is 5.06. The Morgan fingerprint density at radius 2 is 1.00 bits per heavy atom. The molecule has 0 saturated carbocycles. The van der Waals surface area contributed by atoms with Crippen molar-refractivity contribution < 1.29 is 53.0 Å². The molecule has 1 nitrogen and oxygen atoms in total. The molecular formula is C7H4F11IO. The molecule has 0 bridgehead atoms. The number of hydrogen-bond donors (Lipinski definition) is 0. The Hall–Kier alpha value is -0.0800. The smallest absolute Gasteiger partial charge is 0.286 e. The summed E-state index contributed by atoms with van der Waals surface area (Å²) in [6.07, 6.45) is -22.5. The zero-order valence-electron chi connectivity index (χ0n) is 8.86. The van der Waals surface area contributed by atoms with E-state index in [0.29, 0.717) is 0 Å². The maximum Gasteiger partial charge on any atom is 0.458 e. The molecule has 0 radical (unpaired) electrons. The first-order chi connectivity index (χ1) is 8.41. The van der Waals surface area contributed by atoms with Gasteiger partial charge < -0.3 is 0 Å². The minimum absolute atomic E-state index is 0.0920. The molecule has 1 atom stereocenters. The van der Waals surface area contributed by atoms with E-state index in [-0.39, 0.29) is 22.6 Å². The summed E-state index contributed by atoms with van der Waals surface area (Å²) in [5.74, 6) is -6.42. The van der Waals surface area contributed by atoms with Crippen LogP contribution in [0.1, 0.15) is 12.8 Å². The Morgan fingerprint density at radius 1 is 0.650 bits per heavy atom. The summed E-state index contributed by atoms with van der Waals surface area (Å²) in [7, 11) is 0. The molecule has 0 aliphatic carbocycles. The summed E-state index contributed by atoms with van der Waals surface area (Å²) in [6, 6.07) is 0. The van der Waals surface area contributed by atoms with Crippen LogP contribution in [-0.2, 0) is 4.74 Å². The van der Waals surface area contributed by atoms with E-state index in [0.717, 1.165) is 0 Å². The van der Waals surface area contributed by atoms with E-state index in [1.807, 2.05) is 0 Å². The number of hydrogen-bond acceptors (Lipinski definition) is 1. The number of alkyl halides is 12. The van der Waals surface area contributed by atoms with E-state index < -0.39 is 41.1 Å². The highest BCUT2D eigenvalue weighted by Gasteiger charge is 2.76. The monoisotopic (exact) mass is 440 g/mol. The van der Waals surface area contributed by atoms with Crippen LogP contribution in [0.5, 0.6) is 0 Å². The standard InChI is InChI=1S/C7H4F11IO/c8-3(9,10)1-2-4(11,19)20-5(12,6(13,14)15)7(16,17)18/h1-2H2. The van der Waals surface area contributed by atoms with Crippen LogP contribution < -0.4 is 0 Å². The molecule has 0 aromatic carbocycles. The minimum Gasteiger partial charge on any atom is -0.286 e. The molecule has 0 aromatic rings. The summed E-state index contributed by atoms with van der Waals surface area (Å²) in [6.45, 7) is 0. The van der Waals surface area contributed by atoms with Crippen molar-refractivity contribution in [2.45, 2.75) is 41.1 Å². The van der Waals surface area contributed by atoms with Crippen LogP contribution in [0.3, 0.4) is 0 Å². The van der Waals surface area contributed by atoms with Crippen LogP contribution in [0.2, 0.25) is 0 Å². The van der Waals surface area contributed by atoms with E-state index in [4.69, 9.17) is 0 Å². The first-order valence-electron chi connectivity index (χ1n) is 4.38. The Balaban J connectivity index is 5.19. The lowest BCUT2D eigenvalue weighted by Crippen LogP contribution is -2.57. The van der Waals surface area contributed by atoms with Gasteiger partial charge in [0, 0.05) is 12.8 Å². The molecule has 0 heterocycles. The predicted molar refractivity (Wildman–Crippen MR) is 50.2 cm³/mol. The van der Waals surface area contributed by atoms with Gasteiger partial charge >= 0.3 is 24.4 Å². The van der Waals surface area contributed by atoms with Gasteiger partial charge in [0.1, 0.15) is 0 Å². The summed E-state index contributed by atoms with van der Waals surface area (Å²) < 4.78 is 132.